The molecule has 2 aromatic carbocycles. The van der Waals surface area contributed by atoms with Crippen LogP contribution in [0.5, 0.6) is 11.5 Å². The summed E-state index contributed by atoms with van der Waals surface area (Å²) in [4.78, 5) is 25.4. The van der Waals surface area contributed by atoms with Gasteiger partial charge in [-0.3, -0.25) is 0 Å². The van der Waals surface area contributed by atoms with Gasteiger partial charge in [-0.25, -0.2) is 9.59 Å². The van der Waals surface area contributed by atoms with Crippen LogP contribution in [0, 0.1) is 5.92 Å². The summed E-state index contributed by atoms with van der Waals surface area (Å²) in [5.41, 5.74) is 2.54. The molecule has 3 rings (SSSR count). The minimum absolute atomic E-state index is 0.0860. The summed E-state index contributed by atoms with van der Waals surface area (Å²) in [6.07, 6.45) is -0.296. The van der Waals surface area contributed by atoms with E-state index in [1.54, 1.807) is 51.3 Å². The zero-order valence-electron chi connectivity index (χ0n) is 19.4. The number of nitrogens with one attached hydrogen (secondary N) is 2. The van der Waals surface area contributed by atoms with Gasteiger partial charge < -0.3 is 24.8 Å². The lowest BCUT2D eigenvalue weighted by Crippen LogP contribution is -2.47. The SMILES string of the molecule is COc1cc(C2NC(=O)NC(C(C)C)=C2C(=O)OC(C)C)ccc1OCc1ccc(Cl)cc1. The normalized spacial score (nSPS) is 15.9. The van der Waals surface area contributed by atoms with E-state index in [0.29, 0.717) is 40.0 Å². The zero-order valence-corrected chi connectivity index (χ0v) is 20.2. The number of hydrogen-bond acceptors (Lipinski definition) is 5. The molecule has 1 aliphatic rings. The Balaban J connectivity index is 1.93. The maximum Gasteiger partial charge on any atom is 0.338 e. The Morgan fingerprint density at radius 1 is 1.06 bits per heavy atom. The van der Waals surface area contributed by atoms with E-state index in [9.17, 15) is 9.59 Å². The van der Waals surface area contributed by atoms with Crippen LogP contribution in [-0.2, 0) is 16.1 Å². The number of esters is 1. The van der Waals surface area contributed by atoms with E-state index in [1.807, 2.05) is 26.0 Å². The van der Waals surface area contributed by atoms with Gasteiger partial charge in [0.15, 0.2) is 11.5 Å². The van der Waals surface area contributed by atoms with E-state index in [4.69, 9.17) is 25.8 Å². The molecule has 1 aliphatic heterocycles. The number of carbonyl (C=O) groups is 2. The van der Waals surface area contributed by atoms with Crippen molar-refractivity contribution in [3.63, 3.8) is 0 Å². The zero-order chi connectivity index (χ0) is 24.1. The minimum atomic E-state index is -0.693. The highest BCUT2D eigenvalue weighted by molar-refractivity contribution is 6.30. The van der Waals surface area contributed by atoms with Crippen molar-refractivity contribution in [1.29, 1.82) is 0 Å². The van der Waals surface area contributed by atoms with Gasteiger partial charge in [0.2, 0.25) is 0 Å². The smallest absolute Gasteiger partial charge is 0.338 e. The van der Waals surface area contributed by atoms with Gasteiger partial charge in [-0.05, 0) is 55.2 Å². The Bertz CT molecular complexity index is 1050. The topological polar surface area (TPSA) is 85.9 Å². The first-order chi connectivity index (χ1) is 15.7. The van der Waals surface area contributed by atoms with Crippen molar-refractivity contribution < 1.29 is 23.8 Å². The molecule has 0 aromatic heterocycles. The number of ether oxygens (including phenoxy) is 3. The number of rotatable bonds is 8. The van der Waals surface area contributed by atoms with Crippen LogP contribution < -0.4 is 20.1 Å². The molecule has 2 amide bonds. The van der Waals surface area contributed by atoms with Crippen molar-refractivity contribution >= 4 is 23.6 Å². The van der Waals surface area contributed by atoms with E-state index in [-0.39, 0.29) is 18.1 Å². The molecule has 0 spiro atoms. The van der Waals surface area contributed by atoms with Gasteiger partial charge in [-0.1, -0.05) is 43.6 Å². The lowest BCUT2D eigenvalue weighted by Gasteiger charge is -2.31. The predicted octanol–water partition coefficient (Wildman–Crippen LogP) is 5.14. The number of halogens is 1. The molecule has 7 nitrogen and oxygen atoms in total. The molecule has 0 bridgehead atoms. The van der Waals surface area contributed by atoms with Gasteiger partial charge in [-0.2, -0.15) is 0 Å². The molecule has 176 valence electrons. The molecule has 1 atom stereocenters. The fourth-order valence-electron chi connectivity index (χ4n) is 3.52. The van der Waals surface area contributed by atoms with Gasteiger partial charge in [-0.15, -0.1) is 0 Å². The Labute approximate surface area is 199 Å². The van der Waals surface area contributed by atoms with Crippen LogP contribution in [0.3, 0.4) is 0 Å². The summed E-state index contributed by atoms with van der Waals surface area (Å²) in [5, 5.41) is 6.26. The van der Waals surface area contributed by atoms with Crippen molar-refractivity contribution in [3.8, 4) is 11.5 Å². The number of urea groups is 1. The van der Waals surface area contributed by atoms with Crippen LogP contribution >= 0.6 is 11.6 Å². The van der Waals surface area contributed by atoms with Gasteiger partial charge in [0.25, 0.3) is 0 Å². The second kappa shape index (κ2) is 10.6. The molecule has 0 radical (unpaired) electrons. The molecule has 0 saturated heterocycles. The molecule has 0 saturated carbocycles. The first-order valence-corrected chi connectivity index (χ1v) is 11.1. The number of carbonyl (C=O) groups excluding carboxylic acids is 2. The molecule has 2 N–H and O–H groups in total. The summed E-state index contributed by atoms with van der Waals surface area (Å²) in [6.45, 7) is 7.73. The van der Waals surface area contributed by atoms with Gasteiger partial charge in [0, 0.05) is 10.7 Å². The molecular weight excluding hydrogens is 444 g/mol. The van der Waals surface area contributed by atoms with Crippen molar-refractivity contribution in [2.24, 2.45) is 5.92 Å². The van der Waals surface area contributed by atoms with Crippen LogP contribution in [0.2, 0.25) is 5.02 Å². The van der Waals surface area contributed by atoms with Crippen LogP contribution in [0.1, 0.15) is 44.9 Å². The highest BCUT2D eigenvalue weighted by Gasteiger charge is 2.35. The van der Waals surface area contributed by atoms with E-state index < -0.39 is 12.0 Å². The van der Waals surface area contributed by atoms with Crippen molar-refractivity contribution in [2.45, 2.75) is 46.4 Å². The average Bonchev–Trinajstić information content (AvgIpc) is 2.77. The van der Waals surface area contributed by atoms with E-state index in [0.717, 1.165) is 5.56 Å². The molecule has 2 aromatic rings. The van der Waals surface area contributed by atoms with E-state index in [2.05, 4.69) is 10.6 Å². The molecular formula is C25H29ClN2O5. The summed E-state index contributed by atoms with van der Waals surface area (Å²) in [7, 11) is 1.54. The number of hydrogen-bond donors (Lipinski definition) is 2. The van der Waals surface area contributed by atoms with Crippen LogP contribution in [0.4, 0.5) is 4.79 Å². The standard InChI is InChI=1S/C25H29ClN2O5/c1-14(2)22-21(24(29)33-15(3)4)23(28-25(30)27-22)17-8-11-19(20(12-17)31-5)32-13-16-6-9-18(26)10-7-16/h6-12,14-15,23H,13H2,1-5H3,(H2,27,28,30). The average molecular weight is 473 g/mol. The lowest BCUT2D eigenvalue weighted by atomic mass is 9.91. The van der Waals surface area contributed by atoms with E-state index in [1.165, 1.54) is 0 Å². The highest BCUT2D eigenvalue weighted by Crippen LogP contribution is 2.36. The number of amides is 2. The van der Waals surface area contributed by atoms with Gasteiger partial charge in [0.05, 0.1) is 24.8 Å². The first kappa shape index (κ1) is 24.5. The van der Waals surface area contributed by atoms with E-state index >= 15 is 0 Å². The molecule has 0 aliphatic carbocycles. The second-order valence-corrected chi connectivity index (χ2v) is 8.73. The van der Waals surface area contributed by atoms with Crippen molar-refractivity contribution in [1.82, 2.24) is 10.6 Å². The third-order valence-corrected chi connectivity index (χ3v) is 5.32. The lowest BCUT2D eigenvalue weighted by molar-refractivity contribution is -0.143. The molecule has 8 heteroatoms. The summed E-state index contributed by atoms with van der Waals surface area (Å²) in [6, 6.07) is 11.6. The van der Waals surface area contributed by atoms with Crippen LogP contribution in [-0.4, -0.2) is 25.2 Å². The Morgan fingerprint density at radius 2 is 1.76 bits per heavy atom. The first-order valence-electron chi connectivity index (χ1n) is 10.8. The van der Waals surface area contributed by atoms with Crippen LogP contribution in [0.25, 0.3) is 0 Å². The highest BCUT2D eigenvalue weighted by atomic mass is 35.5. The third-order valence-electron chi connectivity index (χ3n) is 5.07. The summed E-state index contributed by atoms with van der Waals surface area (Å²) >= 11 is 5.94. The predicted molar refractivity (Wildman–Crippen MR) is 126 cm³/mol. The molecule has 33 heavy (non-hydrogen) atoms. The molecule has 1 unspecified atom stereocenters. The Morgan fingerprint density at radius 3 is 2.36 bits per heavy atom. The summed E-state index contributed by atoms with van der Waals surface area (Å²) in [5.74, 6) is 0.457. The van der Waals surface area contributed by atoms with Gasteiger partial charge in [0.1, 0.15) is 6.61 Å². The summed E-state index contributed by atoms with van der Waals surface area (Å²) < 4.78 is 17.0. The molecule has 1 heterocycles. The fraction of sp³-hybridized carbons (Fsp3) is 0.360. The monoisotopic (exact) mass is 472 g/mol. The van der Waals surface area contributed by atoms with Crippen molar-refractivity contribution in [2.75, 3.05) is 7.11 Å². The third kappa shape index (κ3) is 5.99. The molecule has 0 fully saturated rings. The van der Waals surface area contributed by atoms with Crippen LogP contribution in [0.15, 0.2) is 53.7 Å². The quantitative estimate of drug-likeness (QED) is 0.519. The maximum atomic E-state index is 13.0. The number of methoxy groups -OCH3 is 1. The van der Waals surface area contributed by atoms with Gasteiger partial charge >= 0.3 is 12.0 Å². The fourth-order valence-corrected chi connectivity index (χ4v) is 3.65. The second-order valence-electron chi connectivity index (χ2n) is 8.29. The number of allylic oxidation sites excluding steroid dienone is 1. The maximum absolute atomic E-state index is 13.0. The minimum Gasteiger partial charge on any atom is -0.493 e. The van der Waals surface area contributed by atoms with Crippen molar-refractivity contribution in [3.05, 3.63) is 69.9 Å². The Kier molecular flexibility index (Phi) is 7.87. The largest absolute Gasteiger partial charge is 0.493 e. The Hall–Kier alpha value is -3.19. The number of benzene rings is 2.